The molecule has 3 aromatic rings. The van der Waals surface area contributed by atoms with Gasteiger partial charge in [0.2, 0.25) is 0 Å². The van der Waals surface area contributed by atoms with Crippen LogP contribution in [0, 0.1) is 0 Å². The number of ether oxygens (including phenoxy) is 1. The molecule has 2 aromatic carbocycles. The van der Waals surface area contributed by atoms with Crippen molar-refractivity contribution in [3.8, 4) is 5.75 Å². The van der Waals surface area contributed by atoms with E-state index in [1.807, 2.05) is 54.6 Å². The molecule has 0 saturated heterocycles. The van der Waals surface area contributed by atoms with E-state index < -0.39 is 0 Å². The van der Waals surface area contributed by atoms with Gasteiger partial charge in [-0.05, 0) is 29.8 Å². The van der Waals surface area contributed by atoms with E-state index in [4.69, 9.17) is 4.74 Å². The molecule has 5 nitrogen and oxygen atoms in total. The van der Waals surface area contributed by atoms with Crippen molar-refractivity contribution in [2.75, 3.05) is 7.11 Å². The minimum Gasteiger partial charge on any atom is -0.497 e. The van der Waals surface area contributed by atoms with Gasteiger partial charge in [0.05, 0.1) is 18.4 Å². The Labute approximate surface area is 144 Å². The summed E-state index contributed by atoms with van der Waals surface area (Å²) in [6, 6.07) is 15.7. The molecule has 1 aliphatic heterocycles. The highest BCUT2D eigenvalue weighted by Crippen LogP contribution is 2.32. The first-order chi connectivity index (χ1) is 12.2. The Hall–Kier alpha value is -3.34. The van der Waals surface area contributed by atoms with Crippen molar-refractivity contribution in [3.05, 3.63) is 81.3 Å². The molecule has 1 aliphatic rings. The third kappa shape index (κ3) is 2.92. The van der Waals surface area contributed by atoms with Crippen molar-refractivity contribution in [1.82, 2.24) is 10.2 Å². The van der Waals surface area contributed by atoms with Crippen LogP contribution in [-0.4, -0.2) is 23.5 Å². The fraction of sp³-hybridized carbons (Fsp3) is 0.100. The van der Waals surface area contributed by atoms with E-state index in [1.165, 1.54) is 0 Å². The maximum Gasteiger partial charge on any atom is 0.271 e. The maximum absolute atomic E-state index is 12.2. The van der Waals surface area contributed by atoms with E-state index >= 15 is 0 Å². The normalized spacial score (nSPS) is 14.0. The minimum absolute atomic E-state index is 0.131. The third-order valence-corrected chi connectivity index (χ3v) is 4.29. The molecule has 0 fully saturated rings. The average Bonchev–Trinajstić information content (AvgIpc) is 3.21. The quantitative estimate of drug-likeness (QED) is 0.767. The molecular weight excluding hydrogens is 314 g/mol. The predicted octanol–water partition coefficient (Wildman–Crippen LogP) is 3.56. The number of para-hydroxylation sites is 1. The number of aromatic nitrogens is 2. The number of rotatable bonds is 4. The average molecular weight is 331 g/mol. The molecule has 0 saturated carbocycles. The van der Waals surface area contributed by atoms with Gasteiger partial charge >= 0.3 is 0 Å². The lowest BCUT2D eigenvalue weighted by atomic mass is 10.0. The number of benzene rings is 2. The van der Waals surface area contributed by atoms with Crippen LogP contribution in [0.25, 0.3) is 11.6 Å². The first-order valence-electron chi connectivity index (χ1n) is 8.02. The van der Waals surface area contributed by atoms with Crippen molar-refractivity contribution in [2.45, 2.75) is 6.42 Å². The van der Waals surface area contributed by atoms with E-state index in [1.54, 1.807) is 13.3 Å². The van der Waals surface area contributed by atoms with Gasteiger partial charge in [-0.25, -0.2) is 0 Å². The van der Waals surface area contributed by atoms with Gasteiger partial charge < -0.3 is 9.84 Å². The topological polar surface area (TPSA) is 70.2 Å². The molecule has 25 heavy (non-hydrogen) atoms. The number of aromatic amines is 2. The Bertz CT molecular complexity index is 1020. The van der Waals surface area contributed by atoms with Gasteiger partial charge in [-0.1, -0.05) is 30.3 Å². The first kappa shape index (κ1) is 15.2. The summed E-state index contributed by atoms with van der Waals surface area (Å²) in [6.07, 6.45) is 4.32. The van der Waals surface area contributed by atoms with Crippen LogP contribution in [0.5, 0.6) is 5.75 Å². The lowest BCUT2D eigenvalue weighted by molar-refractivity contribution is 0.414. The molecule has 0 aliphatic carbocycles. The number of H-pyrrole nitrogens is 2. The molecule has 2 N–H and O–H groups in total. The van der Waals surface area contributed by atoms with Gasteiger partial charge in [0.1, 0.15) is 5.75 Å². The van der Waals surface area contributed by atoms with Crippen molar-refractivity contribution < 1.29 is 4.74 Å². The van der Waals surface area contributed by atoms with E-state index in [-0.39, 0.29) is 5.56 Å². The number of hydrogen-bond acceptors (Lipinski definition) is 3. The number of methoxy groups -OCH3 is 1. The van der Waals surface area contributed by atoms with Crippen LogP contribution in [0.4, 0.5) is 5.69 Å². The second-order valence-electron chi connectivity index (χ2n) is 5.87. The molecular formula is C20H17N3O2. The van der Waals surface area contributed by atoms with E-state index in [2.05, 4.69) is 15.2 Å². The standard InChI is InChI=1S/C20H17N3O2/c1-25-15-8-6-13(7-9-15)10-19-17(20(24)23-22-19)11-14-12-21-18-5-3-2-4-16(14)18/h2-9,11-12H,10H2,1H3,(H2,22,23,24). The zero-order valence-corrected chi connectivity index (χ0v) is 13.7. The van der Waals surface area contributed by atoms with E-state index in [9.17, 15) is 4.79 Å². The van der Waals surface area contributed by atoms with Gasteiger partial charge in [-0.2, -0.15) is 0 Å². The predicted molar refractivity (Wildman–Crippen MR) is 99.7 cm³/mol. The number of fused-ring (bicyclic) bond motifs is 1. The summed E-state index contributed by atoms with van der Waals surface area (Å²) in [5, 5.41) is 5.67. The molecule has 1 aromatic heterocycles. The molecule has 124 valence electrons. The van der Waals surface area contributed by atoms with Crippen molar-refractivity contribution >= 4 is 23.6 Å². The van der Waals surface area contributed by atoms with E-state index in [0.29, 0.717) is 12.0 Å². The summed E-state index contributed by atoms with van der Waals surface area (Å²) in [5.74, 6) is 0.812. The van der Waals surface area contributed by atoms with Crippen molar-refractivity contribution in [2.24, 2.45) is 4.99 Å². The number of nitrogens with zero attached hydrogens (tertiary/aromatic N) is 1. The third-order valence-electron chi connectivity index (χ3n) is 4.29. The fourth-order valence-electron chi connectivity index (χ4n) is 2.95. The van der Waals surface area contributed by atoms with Gasteiger partial charge in [0.25, 0.3) is 5.56 Å². The van der Waals surface area contributed by atoms with Crippen LogP contribution < -0.4 is 10.3 Å². The molecule has 0 atom stereocenters. The molecule has 2 heterocycles. The van der Waals surface area contributed by atoms with Gasteiger partial charge in [0.15, 0.2) is 0 Å². The van der Waals surface area contributed by atoms with Gasteiger partial charge in [-0.3, -0.25) is 14.9 Å². The number of hydrogen-bond donors (Lipinski definition) is 2. The summed E-state index contributed by atoms with van der Waals surface area (Å²) in [5.41, 5.74) is 5.35. The summed E-state index contributed by atoms with van der Waals surface area (Å²) in [4.78, 5) is 16.6. The first-order valence-corrected chi connectivity index (χ1v) is 8.02. The fourth-order valence-corrected chi connectivity index (χ4v) is 2.95. The smallest absolute Gasteiger partial charge is 0.271 e. The zero-order chi connectivity index (χ0) is 17.2. The number of allylic oxidation sites excluding steroid dienone is 1. The zero-order valence-electron chi connectivity index (χ0n) is 13.7. The second-order valence-corrected chi connectivity index (χ2v) is 5.87. The van der Waals surface area contributed by atoms with Crippen LogP contribution in [0.2, 0.25) is 0 Å². The Kier molecular flexibility index (Phi) is 3.82. The highest BCUT2D eigenvalue weighted by molar-refractivity contribution is 6.21. The Balaban J connectivity index is 1.68. The summed E-state index contributed by atoms with van der Waals surface area (Å²) >= 11 is 0. The number of nitrogens with one attached hydrogen (secondary N) is 2. The van der Waals surface area contributed by atoms with Crippen molar-refractivity contribution in [1.29, 1.82) is 0 Å². The van der Waals surface area contributed by atoms with Crippen LogP contribution >= 0.6 is 0 Å². The SMILES string of the molecule is COc1ccc(Cc2[nH][nH]c(=O)c2C=C2C=Nc3ccccc32)cc1. The van der Waals surface area contributed by atoms with Crippen LogP contribution in [0.15, 0.2) is 58.3 Å². The molecule has 0 amide bonds. The molecule has 5 heteroatoms. The lowest BCUT2D eigenvalue weighted by Gasteiger charge is -2.04. The second kappa shape index (κ2) is 6.28. The Morgan fingerprint density at radius 3 is 2.68 bits per heavy atom. The Morgan fingerprint density at radius 2 is 1.88 bits per heavy atom. The summed E-state index contributed by atoms with van der Waals surface area (Å²) < 4.78 is 5.18. The maximum atomic E-state index is 12.2. The monoisotopic (exact) mass is 331 g/mol. The molecule has 4 rings (SSSR count). The molecule has 0 bridgehead atoms. The van der Waals surface area contributed by atoms with E-state index in [0.717, 1.165) is 33.8 Å². The van der Waals surface area contributed by atoms with Crippen LogP contribution in [0.1, 0.15) is 22.4 Å². The minimum atomic E-state index is -0.131. The molecule has 0 spiro atoms. The lowest BCUT2D eigenvalue weighted by Crippen LogP contribution is -2.03. The van der Waals surface area contributed by atoms with Crippen LogP contribution in [-0.2, 0) is 6.42 Å². The summed E-state index contributed by atoms with van der Waals surface area (Å²) in [6.45, 7) is 0. The largest absolute Gasteiger partial charge is 0.497 e. The number of aliphatic imine (C=N–C) groups is 1. The highest BCUT2D eigenvalue weighted by atomic mass is 16.5. The highest BCUT2D eigenvalue weighted by Gasteiger charge is 2.14. The van der Waals surface area contributed by atoms with Crippen LogP contribution in [0.3, 0.4) is 0 Å². The van der Waals surface area contributed by atoms with Gasteiger partial charge in [0, 0.05) is 29.5 Å². The summed E-state index contributed by atoms with van der Waals surface area (Å²) in [7, 11) is 1.64. The molecule has 0 unspecified atom stereocenters. The molecule has 0 radical (unpaired) electrons. The Morgan fingerprint density at radius 1 is 1.08 bits per heavy atom. The van der Waals surface area contributed by atoms with Crippen molar-refractivity contribution in [3.63, 3.8) is 0 Å². The van der Waals surface area contributed by atoms with Gasteiger partial charge in [-0.15, -0.1) is 0 Å².